The highest BCUT2D eigenvalue weighted by atomic mass is 32.2. The molecule has 0 aliphatic rings. The highest BCUT2D eigenvalue weighted by molar-refractivity contribution is 7.99. The Balaban J connectivity index is 2.00. The average Bonchev–Trinajstić information content (AvgIpc) is 2.73. The van der Waals surface area contributed by atoms with Gasteiger partial charge in [0.25, 0.3) is 5.56 Å². The molecule has 0 aliphatic heterocycles. The van der Waals surface area contributed by atoms with Gasteiger partial charge in [-0.1, -0.05) is 49.9 Å². The molecule has 2 aromatic carbocycles. The quantitative estimate of drug-likeness (QED) is 0.482. The van der Waals surface area contributed by atoms with Crippen LogP contribution in [0.2, 0.25) is 0 Å². The number of nitriles is 1. The zero-order valence-corrected chi connectivity index (χ0v) is 17.7. The van der Waals surface area contributed by atoms with E-state index in [1.165, 1.54) is 22.8 Å². The van der Waals surface area contributed by atoms with Gasteiger partial charge in [0.05, 0.1) is 28.4 Å². The van der Waals surface area contributed by atoms with Crippen molar-refractivity contribution >= 4 is 28.6 Å². The molecule has 0 aliphatic carbocycles. The van der Waals surface area contributed by atoms with Crippen LogP contribution in [0.15, 0.2) is 58.5 Å². The number of fused-ring (bicyclic) bond motifs is 1. The Hall–Kier alpha value is -3.18. The molecule has 0 saturated heterocycles. The Morgan fingerprint density at radius 2 is 1.93 bits per heavy atom. The number of carbonyl (C=O) groups is 1. The maximum atomic E-state index is 14.5. The molecular formula is C22H21FN4O2S. The van der Waals surface area contributed by atoms with Crippen LogP contribution in [0.1, 0.15) is 20.8 Å². The van der Waals surface area contributed by atoms with Crippen LogP contribution in [0, 0.1) is 23.1 Å². The summed E-state index contributed by atoms with van der Waals surface area (Å²) in [4.78, 5) is 30.1. The van der Waals surface area contributed by atoms with E-state index >= 15 is 0 Å². The Bertz CT molecular complexity index is 1200. The second kappa shape index (κ2) is 8.67. The highest BCUT2D eigenvalue weighted by Crippen LogP contribution is 2.23. The van der Waals surface area contributed by atoms with Gasteiger partial charge in [-0.25, -0.2) is 9.37 Å². The highest BCUT2D eigenvalue weighted by Gasteiger charge is 2.30. The van der Waals surface area contributed by atoms with Crippen molar-refractivity contribution in [3.05, 3.63) is 64.7 Å². The lowest BCUT2D eigenvalue weighted by Crippen LogP contribution is -2.49. The van der Waals surface area contributed by atoms with Crippen molar-refractivity contribution in [1.82, 2.24) is 14.9 Å². The van der Waals surface area contributed by atoms with Gasteiger partial charge in [0, 0.05) is 0 Å². The first-order chi connectivity index (χ1) is 14.3. The molecule has 30 heavy (non-hydrogen) atoms. The van der Waals surface area contributed by atoms with Gasteiger partial charge >= 0.3 is 0 Å². The molecule has 1 atom stereocenters. The van der Waals surface area contributed by atoms with E-state index in [1.807, 2.05) is 13.8 Å². The fourth-order valence-corrected chi connectivity index (χ4v) is 3.62. The lowest BCUT2D eigenvalue weighted by Gasteiger charge is -2.27. The number of thioether (sulfide) groups is 1. The lowest BCUT2D eigenvalue weighted by atomic mass is 9.90. The first kappa shape index (κ1) is 21.5. The van der Waals surface area contributed by atoms with Crippen LogP contribution in [0.4, 0.5) is 4.39 Å². The smallest absolute Gasteiger partial charge is 0.266 e. The first-order valence-corrected chi connectivity index (χ1v) is 10.4. The fraction of sp³-hybridized carbons (Fsp3) is 0.273. The summed E-state index contributed by atoms with van der Waals surface area (Å²) in [6.45, 7) is 5.35. The van der Waals surface area contributed by atoms with Gasteiger partial charge in [-0.05, 0) is 37.1 Å². The molecule has 6 nitrogen and oxygen atoms in total. The van der Waals surface area contributed by atoms with Gasteiger partial charge in [-0.2, -0.15) is 5.26 Å². The van der Waals surface area contributed by atoms with E-state index < -0.39 is 16.9 Å². The topological polar surface area (TPSA) is 87.8 Å². The number of aromatic nitrogens is 2. The van der Waals surface area contributed by atoms with Crippen molar-refractivity contribution in [1.29, 1.82) is 5.26 Å². The number of carbonyl (C=O) groups excluding carboxylic acids is 1. The Morgan fingerprint density at radius 3 is 2.60 bits per heavy atom. The molecule has 1 N–H and O–H groups in total. The van der Waals surface area contributed by atoms with Gasteiger partial charge < -0.3 is 5.32 Å². The minimum Gasteiger partial charge on any atom is -0.337 e. The number of halogens is 1. The Kier molecular flexibility index (Phi) is 6.22. The Morgan fingerprint density at radius 1 is 1.27 bits per heavy atom. The maximum absolute atomic E-state index is 14.5. The summed E-state index contributed by atoms with van der Waals surface area (Å²) >= 11 is 1.01. The molecule has 0 saturated carbocycles. The SMILES string of the molecule is CC(C)C(C)(C#N)NC(=O)CSc1nc2ccccc2c(=O)n1-c1ccccc1F. The molecular weight excluding hydrogens is 403 g/mol. The zero-order valence-electron chi connectivity index (χ0n) is 16.8. The third kappa shape index (κ3) is 4.21. The molecule has 1 amide bonds. The molecule has 0 bridgehead atoms. The van der Waals surface area contributed by atoms with Gasteiger partial charge in [-0.15, -0.1) is 0 Å². The molecule has 0 radical (unpaired) electrons. The minimum atomic E-state index is -1.01. The van der Waals surface area contributed by atoms with Crippen LogP contribution < -0.4 is 10.9 Å². The van der Waals surface area contributed by atoms with Crippen molar-refractivity contribution in [2.45, 2.75) is 31.5 Å². The number of rotatable bonds is 6. The van der Waals surface area contributed by atoms with E-state index in [0.717, 1.165) is 11.8 Å². The van der Waals surface area contributed by atoms with E-state index in [9.17, 15) is 19.2 Å². The summed E-state index contributed by atoms with van der Waals surface area (Å²) in [5.74, 6) is -1.12. The summed E-state index contributed by atoms with van der Waals surface area (Å²) in [7, 11) is 0. The van der Waals surface area contributed by atoms with Crippen molar-refractivity contribution < 1.29 is 9.18 Å². The number of para-hydroxylation sites is 2. The minimum absolute atomic E-state index is 0.0627. The molecule has 154 valence electrons. The van der Waals surface area contributed by atoms with Crippen molar-refractivity contribution in [2.24, 2.45) is 5.92 Å². The summed E-state index contributed by atoms with van der Waals surface area (Å²) in [5, 5.41) is 12.7. The molecule has 3 rings (SSSR count). The summed E-state index contributed by atoms with van der Waals surface area (Å²) < 4.78 is 15.7. The van der Waals surface area contributed by atoms with E-state index in [1.54, 1.807) is 37.3 Å². The number of hydrogen-bond acceptors (Lipinski definition) is 5. The number of nitrogens with zero attached hydrogens (tertiary/aromatic N) is 3. The Labute approximate surface area is 177 Å². The molecule has 3 aromatic rings. The summed E-state index contributed by atoms with van der Waals surface area (Å²) in [6.07, 6.45) is 0. The second-order valence-electron chi connectivity index (χ2n) is 7.31. The van der Waals surface area contributed by atoms with Crippen LogP contribution >= 0.6 is 11.8 Å². The van der Waals surface area contributed by atoms with Gasteiger partial charge in [0.2, 0.25) is 5.91 Å². The van der Waals surface area contributed by atoms with E-state index in [2.05, 4.69) is 16.4 Å². The first-order valence-electron chi connectivity index (χ1n) is 9.38. The largest absolute Gasteiger partial charge is 0.337 e. The molecule has 8 heteroatoms. The van der Waals surface area contributed by atoms with Gasteiger partial charge in [0.1, 0.15) is 11.4 Å². The van der Waals surface area contributed by atoms with Crippen molar-refractivity contribution in [3.63, 3.8) is 0 Å². The fourth-order valence-electron chi connectivity index (χ4n) is 2.81. The van der Waals surface area contributed by atoms with Crippen LogP contribution in [0.5, 0.6) is 0 Å². The molecule has 1 heterocycles. The molecule has 1 aromatic heterocycles. The third-order valence-corrected chi connectivity index (χ3v) is 5.90. The van der Waals surface area contributed by atoms with Crippen LogP contribution in [0.25, 0.3) is 16.6 Å². The average molecular weight is 425 g/mol. The van der Waals surface area contributed by atoms with Crippen molar-refractivity contribution in [2.75, 3.05) is 5.75 Å². The molecule has 0 spiro atoms. The zero-order chi connectivity index (χ0) is 21.9. The third-order valence-electron chi connectivity index (χ3n) is 4.96. The van der Waals surface area contributed by atoms with Crippen LogP contribution in [-0.2, 0) is 4.79 Å². The second-order valence-corrected chi connectivity index (χ2v) is 8.25. The number of hydrogen-bond donors (Lipinski definition) is 1. The van der Waals surface area contributed by atoms with Crippen LogP contribution in [-0.4, -0.2) is 26.8 Å². The predicted octanol–water partition coefficient (Wildman–Crippen LogP) is 3.67. The van der Waals surface area contributed by atoms with Gasteiger partial charge in [0.15, 0.2) is 5.16 Å². The van der Waals surface area contributed by atoms with Gasteiger partial charge in [-0.3, -0.25) is 14.2 Å². The normalized spacial score (nSPS) is 13.1. The monoisotopic (exact) mass is 424 g/mol. The molecule has 1 unspecified atom stereocenters. The summed E-state index contributed by atoms with van der Waals surface area (Å²) in [6, 6.07) is 14.8. The maximum Gasteiger partial charge on any atom is 0.266 e. The summed E-state index contributed by atoms with van der Waals surface area (Å²) in [5.41, 5.74) is -0.910. The number of amides is 1. The number of nitrogens with one attached hydrogen (secondary N) is 1. The van der Waals surface area contributed by atoms with Crippen molar-refractivity contribution in [3.8, 4) is 11.8 Å². The van der Waals surface area contributed by atoms with Crippen LogP contribution in [0.3, 0.4) is 0 Å². The standard InChI is InChI=1S/C22H21FN4O2S/c1-14(2)22(3,13-24)26-19(28)12-30-21-25-17-10-6-4-8-15(17)20(29)27(21)18-11-7-5-9-16(18)23/h4-11,14H,12H2,1-3H3,(H,26,28). The molecule has 0 fully saturated rings. The lowest BCUT2D eigenvalue weighted by molar-refractivity contribution is -0.120. The number of benzene rings is 2. The van der Waals surface area contributed by atoms with E-state index in [-0.39, 0.29) is 28.4 Å². The van der Waals surface area contributed by atoms with E-state index in [0.29, 0.717) is 10.9 Å². The van der Waals surface area contributed by atoms with E-state index in [4.69, 9.17) is 0 Å². The predicted molar refractivity (Wildman–Crippen MR) is 115 cm³/mol.